The number of aromatic nitrogens is 1. The van der Waals surface area contributed by atoms with Crippen LogP contribution in [0.15, 0.2) is 48.8 Å². The van der Waals surface area contributed by atoms with Gasteiger partial charge in [-0.25, -0.2) is 0 Å². The number of anilines is 1. The molecule has 0 amide bonds. The Morgan fingerprint density at radius 3 is 3.00 bits per heavy atom. The third-order valence-electron chi connectivity index (χ3n) is 4.96. The fourth-order valence-corrected chi connectivity index (χ4v) is 3.61. The first kappa shape index (κ1) is 16.4. The number of rotatable bonds is 6. The molecule has 0 aliphatic carbocycles. The Labute approximate surface area is 149 Å². The molecule has 0 saturated carbocycles. The molecule has 2 aliphatic rings. The third kappa shape index (κ3) is 4.11. The zero-order chi connectivity index (χ0) is 16.9. The summed E-state index contributed by atoms with van der Waals surface area (Å²) in [6, 6.07) is 12.6. The van der Waals surface area contributed by atoms with Gasteiger partial charge < -0.3 is 14.4 Å². The molecule has 3 heterocycles. The van der Waals surface area contributed by atoms with Gasteiger partial charge in [0.2, 0.25) is 0 Å². The van der Waals surface area contributed by atoms with E-state index >= 15 is 0 Å². The standard InChI is InChI=1S/C20H25N3O2/c1-2-6-20-17(4-1)7-9-23(20)11-10-22-12-13-24-19(15-22)16-25-18-5-3-8-21-14-18/h1-6,8,14,19H,7,9-13,15-16H2. The Morgan fingerprint density at radius 2 is 2.08 bits per heavy atom. The van der Waals surface area contributed by atoms with Gasteiger partial charge in [0.05, 0.1) is 12.8 Å². The molecular formula is C20H25N3O2. The maximum absolute atomic E-state index is 5.86. The van der Waals surface area contributed by atoms with Crippen molar-refractivity contribution in [3.8, 4) is 5.75 Å². The maximum atomic E-state index is 5.86. The van der Waals surface area contributed by atoms with Crippen molar-refractivity contribution in [3.05, 3.63) is 54.4 Å². The topological polar surface area (TPSA) is 37.8 Å². The van der Waals surface area contributed by atoms with Crippen molar-refractivity contribution in [2.45, 2.75) is 12.5 Å². The van der Waals surface area contributed by atoms with E-state index in [1.165, 1.54) is 17.7 Å². The molecule has 1 unspecified atom stereocenters. The molecule has 1 aromatic heterocycles. The minimum absolute atomic E-state index is 0.125. The van der Waals surface area contributed by atoms with Crippen LogP contribution in [0.2, 0.25) is 0 Å². The quantitative estimate of drug-likeness (QED) is 0.807. The summed E-state index contributed by atoms with van der Waals surface area (Å²) in [6.07, 6.45) is 4.79. The lowest BCUT2D eigenvalue weighted by molar-refractivity contribution is -0.0471. The first-order valence-electron chi connectivity index (χ1n) is 9.08. The molecule has 1 aromatic carbocycles. The summed E-state index contributed by atoms with van der Waals surface area (Å²) >= 11 is 0. The summed E-state index contributed by atoms with van der Waals surface area (Å²) in [6.45, 7) is 6.56. The minimum Gasteiger partial charge on any atom is -0.489 e. The lowest BCUT2D eigenvalue weighted by Gasteiger charge is -2.34. The molecule has 132 valence electrons. The second-order valence-corrected chi connectivity index (χ2v) is 6.66. The van der Waals surface area contributed by atoms with Gasteiger partial charge in [0.25, 0.3) is 0 Å². The molecule has 0 spiro atoms. The predicted molar refractivity (Wildman–Crippen MR) is 98.3 cm³/mol. The number of pyridine rings is 1. The van der Waals surface area contributed by atoms with Crippen molar-refractivity contribution in [1.29, 1.82) is 0 Å². The highest BCUT2D eigenvalue weighted by Crippen LogP contribution is 2.27. The second kappa shape index (κ2) is 7.85. The zero-order valence-electron chi connectivity index (χ0n) is 14.5. The largest absolute Gasteiger partial charge is 0.489 e. The number of para-hydroxylation sites is 1. The summed E-state index contributed by atoms with van der Waals surface area (Å²) < 4.78 is 11.7. The molecule has 1 saturated heterocycles. The van der Waals surface area contributed by atoms with E-state index in [-0.39, 0.29) is 6.10 Å². The van der Waals surface area contributed by atoms with Crippen LogP contribution in [0, 0.1) is 0 Å². The highest BCUT2D eigenvalue weighted by molar-refractivity contribution is 5.57. The monoisotopic (exact) mass is 339 g/mol. The van der Waals surface area contributed by atoms with E-state index in [0.29, 0.717) is 6.61 Å². The Balaban J connectivity index is 1.25. The van der Waals surface area contributed by atoms with E-state index in [2.05, 4.69) is 39.0 Å². The van der Waals surface area contributed by atoms with Crippen LogP contribution in [0.25, 0.3) is 0 Å². The number of morpholine rings is 1. The van der Waals surface area contributed by atoms with Crippen molar-refractivity contribution in [2.75, 3.05) is 50.8 Å². The third-order valence-corrected chi connectivity index (χ3v) is 4.96. The van der Waals surface area contributed by atoms with E-state index in [1.807, 2.05) is 12.1 Å². The van der Waals surface area contributed by atoms with E-state index in [9.17, 15) is 0 Å². The highest BCUT2D eigenvalue weighted by Gasteiger charge is 2.23. The highest BCUT2D eigenvalue weighted by atomic mass is 16.5. The number of fused-ring (bicyclic) bond motifs is 1. The van der Waals surface area contributed by atoms with Crippen LogP contribution in [0.3, 0.4) is 0 Å². The van der Waals surface area contributed by atoms with Crippen LogP contribution in [-0.4, -0.2) is 61.9 Å². The van der Waals surface area contributed by atoms with Crippen molar-refractivity contribution in [1.82, 2.24) is 9.88 Å². The summed E-state index contributed by atoms with van der Waals surface area (Å²) in [4.78, 5) is 9.07. The summed E-state index contributed by atoms with van der Waals surface area (Å²) in [5, 5.41) is 0. The molecule has 0 bridgehead atoms. The van der Waals surface area contributed by atoms with Crippen LogP contribution < -0.4 is 9.64 Å². The SMILES string of the molecule is c1cncc(OCC2CN(CCN3CCc4ccccc43)CCO2)c1. The van der Waals surface area contributed by atoms with Gasteiger partial charge in [0, 0.05) is 44.6 Å². The van der Waals surface area contributed by atoms with E-state index < -0.39 is 0 Å². The maximum Gasteiger partial charge on any atom is 0.137 e. The Bertz CT molecular complexity index is 680. The smallest absolute Gasteiger partial charge is 0.137 e. The normalized spacial score (nSPS) is 20.5. The van der Waals surface area contributed by atoms with Gasteiger partial charge in [0.1, 0.15) is 18.5 Å². The van der Waals surface area contributed by atoms with Crippen LogP contribution in [0.1, 0.15) is 5.56 Å². The second-order valence-electron chi connectivity index (χ2n) is 6.66. The number of benzene rings is 1. The summed E-state index contributed by atoms with van der Waals surface area (Å²) in [5.41, 5.74) is 2.89. The van der Waals surface area contributed by atoms with Crippen LogP contribution in [0.5, 0.6) is 5.75 Å². The molecule has 5 heteroatoms. The van der Waals surface area contributed by atoms with Crippen molar-refractivity contribution < 1.29 is 9.47 Å². The molecular weight excluding hydrogens is 314 g/mol. The zero-order valence-corrected chi connectivity index (χ0v) is 14.5. The molecule has 25 heavy (non-hydrogen) atoms. The van der Waals surface area contributed by atoms with Crippen LogP contribution in [0.4, 0.5) is 5.69 Å². The van der Waals surface area contributed by atoms with Crippen molar-refractivity contribution in [2.24, 2.45) is 0 Å². The molecule has 2 aromatic rings. The molecule has 1 atom stereocenters. The molecule has 4 rings (SSSR count). The first-order chi connectivity index (χ1) is 12.4. The van der Waals surface area contributed by atoms with Gasteiger partial charge in [-0.1, -0.05) is 18.2 Å². The first-order valence-corrected chi connectivity index (χ1v) is 9.08. The van der Waals surface area contributed by atoms with E-state index in [1.54, 1.807) is 12.4 Å². The van der Waals surface area contributed by atoms with Crippen molar-refractivity contribution >= 4 is 5.69 Å². The van der Waals surface area contributed by atoms with Gasteiger partial charge in [-0.3, -0.25) is 9.88 Å². The Hall–Kier alpha value is -2.11. The Morgan fingerprint density at radius 1 is 1.12 bits per heavy atom. The van der Waals surface area contributed by atoms with E-state index in [4.69, 9.17) is 9.47 Å². The Kier molecular flexibility index (Phi) is 5.14. The number of ether oxygens (including phenoxy) is 2. The predicted octanol–water partition coefficient (Wildman–Crippen LogP) is 2.22. The van der Waals surface area contributed by atoms with Gasteiger partial charge in [0.15, 0.2) is 0 Å². The lowest BCUT2D eigenvalue weighted by atomic mass is 10.2. The van der Waals surface area contributed by atoms with Gasteiger partial charge in [-0.15, -0.1) is 0 Å². The average molecular weight is 339 g/mol. The lowest BCUT2D eigenvalue weighted by Crippen LogP contribution is -2.47. The summed E-state index contributed by atoms with van der Waals surface area (Å²) in [5.74, 6) is 0.803. The average Bonchev–Trinajstić information content (AvgIpc) is 3.09. The number of hydrogen-bond acceptors (Lipinski definition) is 5. The van der Waals surface area contributed by atoms with Gasteiger partial charge >= 0.3 is 0 Å². The van der Waals surface area contributed by atoms with Crippen LogP contribution >= 0.6 is 0 Å². The summed E-state index contributed by atoms with van der Waals surface area (Å²) in [7, 11) is 0. The van der Waals surface area contributed by atoms with Gasteiger partial charge in [-0.2, -0.15) is 0 Å². The molecule has 5 nitrogen and oxygen atoms in total. The minimum atomic E-state index is 0.125. The van der Waals surface area contributed by atoms with Crippen LogP contribution in [-0.2, 0) is 11.2 Å². The van der Waals surface area contributed by atoms with Gasteiger partial charge in [-0.05, 0) is 30.2 Å². The van der Waals surface area contributed by atoms with E-state index in [0.717, 1.165) is 45.1 Å². The molecule has 0 radical (unpaired) electrons. The number of nitrogens with zero attached hydrogens (tertiary/aromatic N) is 3. The molecule has 1 fully saturated rings. The molecule has 0 N–H and O–H groups in total. The molecule has 2 aliphatic heterocycles. The fourth-order valence-electron chi connectivity index (χ4n) is 3.61. The number of hydrogen-bond donors (Lipinski definition) is 0. The van der Waals surface area contributed by atoms with Crippen molar-refractivity contribution in [3.63, 3.8) is 0 Å². The fraction of sp³-hybridized carbons (Fsp3) is 0.450.